The number of hydrogen-bond donors (Lipinski definition) is 0. The number of fused-ring (bicyclic) bond motifs is 7. The summed E-state index contributed by atoms with van der Waals surface area (Å²) in [5.74, 6) is 1.74. The minimum Gasteiger partial charge on any atom is -0.456 e. The Morgan fingerprint density at radius 3 is 1.98 bits per heavy atom. The van der Waals surface area contributed by atoms with Crippen molar-refractivity contribution in [2.75, 3.05) is 0 Å². The van der Waals surface area contributed by atoms with Gasteiger partial charge in [-0.3, -0.25) is 4.57 Å². The first kappa shape index (κ1) is 26.6. The van der Waals surface area contributed by atoms with Gasteiger partial charge in [-0.2, -0.15) is 9.97 Å². The molecule has 0 fully saturated rings. The predicted molar refractivity (Wildman–Crippen MR) is 208 cm³/mol. The number of benzene rings is 7. The molecule has 6 heterocycles. The lowest BCUT2D eigenvalue weighted by molar-refractivity contribution is 0.668. The van der Waals surface area contributed by atoms with E-state index in [0.717, 1.165) is 87.8 Å². The fourth-order valence-corrected chi connectivity index (χ4v) is 8.76. The molecule has 0 amide bonds. The van der Waals surface area contributed by atoms with Gasteiger partial charge in [0, 0.05) is 48.8 Å². The largest absolute Gasteiger partial charge is 0.456 e. The fourth-order valence-electron chi connectivity index (χ4n) is 8.76. The van der Waals surface area contributed by atoms with Gasteiger partial charge < -0.3 is 13.2 Å². The number of rotatable bonds is 3. The third-order valence-electron chi connectivity index (χ3n) is 10.9. The van der Waals surface area contributed by atoms with Gasteiger partial charge in [-0.15, -0.1) is 0 Å². The maximum absolute atomic E-state index is 6.59. The Morgan fingerprint density at radius 1 is 0.385 bits per heavy atom. The number of para-hydroxylation sites is 2. The van der Waals surface area contributed by atoms with Crippen LogP contribution in [-0.2, 0) is 0 Å². The molecule has 7 aromatic carbocycles. The molecule has 0 unspecified atom stereocenters. The Labute approximate surface area is 293 Å². The quantitative estimate of drug-likeness (QED) is 0.188. The first-order chi connectivity index (χ1) is 25.8. The first-order valence-electron chi connectivity index (χ1n) is 17.4. The zero-order valence-electron chi connectivity index (χ0n) is 27.3. The lowest BCUT2D eigenvalue weighted by Gasteiger charge is -2.11. The van der Waals surface area contributed by atoms with Gasteiger partial charge in [-0.25, -0.2) is 4.98 Å². The molecule has 0 saturated heterocycles. The molecular weight excluding hydrogens is 643 g/mol. The van der Waals surface area contributed by atoms with Crippen molar-refractivity contribution in [3.63, 3.8) is 0 Å². The maximum atomic E-state index is 6.59. The van der Waals surface area contributed by atoms with Crippen molar-refractivity contribution >= 4 is 93.0 Å². The summed E-state index contributed by atoms with van der Waals surface area (Å²) in [5.41, 5.74) is 10.7. The molecule has 0 saturated carbocycles. The standard InChI is InChI=1S/C45H23N5O2/c1-2-9-24(10-3-1)43-46-44(25-17-20-35-29(23-25)27-12-5-7-16-34(27)51-35)48-45(47-43)50-32-15-8-14-31-38(32)39-33(50)19-22-36-40(39)41-37(52-36)21-18-28-26-11-4-6-13-30(26)49(31)42(28)41/h1-23H. The number of aromatic nitrogens is 5. The first-order valence-corrected chi connectivity index (χ1v) is 17.4. The smallest absolute Gasteiger partial charge is 0.238 e. The van der Waals surface area contributed by atoms with Crippen molar-refractivity contribution in [2.24, 2.45) is 0 Å². The van der Waals surface area contributed by atoms with Crippen molar-refractivity contribution in [3.8, 4) is 28.7 Å². The van der Waals surface area contributed by atoms with Gasteiger partial charge >= 0.3 is 0 Å². The van der Waals surface area contributed by atoms with Crippen LogP contribution in [0.15, 0.2) is 148 Å². The van der Waals surface area contributed by atoms with Gasteiger partial charge in [-0.05, 0) is 66.7 Å². The molecule has 13 aromatic rings. The molecule has 0 aliphatic heterocycles. The molecule has 240 valence electrons. The zero-order chi connectivity index (χ0) is 33.7. The highest BCUT2D eigenvalue weighted by Crippen LogP contribution is 2.48. The molecule has 0 aliphatic carbocycles. The normalized spacial score (nSPS) is 12.6. The molecule has 13 rings (SSSR count). The summed E-state index contributed by atoms with van der Waals surface area (Å²) in [6.07, 6.45) is 0. The van der Waals surface area contributed by atoms with Gasteiger partial charge in [0.05, 0.1) is 33.0 Å². The number of nitrogens with zero attached hydrogens (tertiary/aromatic N) is 5. The predicted octanol–water partition coefficient (Wildman–Crippen LogP) is 11.5. The second-order valence-corrected chi connectivity index (χ2v) is 13.6. The van der Waals surface area contributed by atoms with E-state index in [9.17, 15) is 0 Å². The van der Waals surface area contributed by atoms with Crippen molar-refractivity contribution in [1.82, 2.24) is 23.9 Å². The highest BCUT2D eigenvalue weighted by molar-refractivity contribution is 6.37. The van der Waals surface area contributed by atoms with Gasteiger partial charge in [0.2, 0.25) is 5.95 Å². The maximum Gasteiger partial charge on any atom is 0.238 e. The summed E-state index contributed by atoms with van der Waals surface area (Å²) in [5, 5.41) is 9.04. The van der Waals surface area contributed by atoms with Gasteiger partial charge in [0.25, 0.3) is 0 Å². The van der Waals surface area contributed by atoms with Crippen LogP contribution in [0.4, 0.5) is 0 Å². The molecule has 0 atom stereocenters. The molecule has 0 spiro atoms. The van der Waals surface area contributed by atoms with Crippen molar-refractivity contribution < 1.29 is 8.83 Å². The van der Waals surface area contributed by atoms with Crippen LogP contribution in [0.1, 0.15) is 0 Å². The summed E-state index contributed by atoms with van der Waals surface area (Å²) < 4.78 is 17.4. The lowest BCUT2D eigenvalue weighted by Crippen LogP contribution is -2.06. The molecule has 52 heavy (non-hydrogen) atoms. The van der Waals surface area contributed by atoms with Crippen LogP contribution < -0.4 is 0 Å². The van der Waals surface area contributed by atoms with Crippen LogP contribution in [-0.4, -0.2) is 23.9 Å². The monoisotopic (exact) mass is 665 g/mol. The summed E-state index contributed by atoms with van der Waals surface area (Å²) in [7, 11) is 0. The van der Waals surface area contributed by atoms with Crippen molar-refractivity contribution in [1.29, 1.82) is 0 Å². The van der Waals surface area contributed by atoms with Crippen LogP contribution >= 0.6 is 0 Å². The van der Waals surface area contributed by atoms with E-state index >= 15 is 0 Å². The SMILES string of the molecule is c1ccc(-c2nc(-c3ccc4oc5ccccc5c4c3)nc(-n3c4ccc5oc6ccc7c8ccccc8n8c9cccc3c9c4c5c6c78)n2)cc1. The van der Waals surface area contributed by atoms with E-state index in [-0.39, 0.29) is 0 Å². The van der Waals surface area contributed by atoms with Crippen LogP contribution in [0.2, 0.25) is 0 Å². The third kappa shape index (κ3) is 3.24. The Bertz CT molecular complexity index is 3590. The van der Waals surface area contributed by atoms with Gasteiger partial charge in [-0.1, -0.05) is 72.8 Å². The molecule has 6 aromatic heterocycles. The zero-order valence-corrected chi connectivity index (χ0v) is 27.3. The van der Waals surface area contributed by atoms with E-state index in [4.69, 9.17) is 23.8 Å². The van der Waals surface area contributed by atoms with Crippen LogP contribution in [0.3, 0.4) is 0 Å². The van der Waals surface area contributed by atoms with E-state index in [0.29, 0.717) is 17.6 Å². The average Bonchev–Trinajstić information content (AvgIpc) is 3.92. The Morgan fingerprint density at radius 2 is 1.06 bits per heavy atom. The van der Waals surface area contributed by atoms with E-state index in [1.54, 1.807) is 0 Å². The second kappa shape index (κ2) is 9.29. The van der Waals surface area contributed by atoms with Crippen LogP contribution in [0, 0.1) is 0 Å². The fraction of sp³-hybridized carbons (Fsp3) is 0. The summed E-state index contributed by atoms with van der Waals surface area (Å²) in [6, 6.07) is 48.2. The third-order valence-corrected chi connectivity index (χ3v) is 10.9. The van der Waals surface area contributed by atoms with E-state index in [1.807, 2.05) is 60.7 Å². The average molecular weight is 666 g/mol. The highest BCUT2D eigenvalue weighted by atomic mass is 16.3. The Balaban J connectivity index is 1.18. The molecule has 0 bridgehead atoms. The minimum absolute atomic E-state index is 0.550. The molecule has 7 heteroatoms. The molecule has 0 N–H and O–H groups in total. The van der Waals surface area contributed by atoms with Gasteiger partial charge in [0.15, 0.2) is 11.6 Å². The molecule has 0 aliphatic rings. The summed E-state index contributed by atoms with van der Waals surface area (Å²) >= 11 is 0. The number of hydrogen-bond acceptors (Lipinski definition) is 5. The number of furan rings is 2. The van der Waals surface area contributed by atoms with Crippen LogP contribution in [0.5, 0.6) is 0 Å². The van der Waals surface area contributed by atoms with Gasteiger partial charge in [0.1, 0.15) is 22.3 Å². The summed E-state index contributed by atoms with van der Waals surface area (Å²) in [4.78, 5) is 15.6. The molecular formula is C45H23N5O2. The lowest BCUT2D eigenvalue weighted by atomic mass is 10.0. The van der Waals surface area contributed by atoms with E-state index < -0.39 is 0 Å². The van der Waals surface area contributed by atoms with Crippen molar-refractivity contribution in [3.05, 3.63) is 140 Å². The molecule has 7 nitrogen and oxygen atoms in total. The minimum atomic E-state index is 0.550. The topological polar surface area (TPSA) is 74.3 Å². The Kier molecular flexibility index (Phi) is 4.75. The van der Waals surface area contributed by atoms with Crippen molar-refractivity contribution in [2.45, 2.75) is 0 Å². The van der Waals surface area contributed by atoms with Crippen LogP contribution in [0.25, 0.3) is 122 Å². The highest BCUT2D eigenvalue weighted by Gasteiger charge is 2.27. The van der Waals surface area contributed by atoms with E-state index in [1.165, 1.54) is 16.3 Å². The van der Waals surface area contributed by atoms with E-state index in [2.05, 4.69) is 87.8 Å². The second-order valence-electron chi connectivity index (χ2n) is 13.6. The summed E-state index contributed by atoms with van der Waals surface area (Å²) in [6.45, 7) is 0. The molecule has 0 radical (unpaired) electrons. The Hall–Kier alpha value is -7.25.